The van der Waals surface area contributed by atoms with E-state index < -0.39 is 0 Å². The summed E-state index contributed by atoms with van der Waals surface area (Å²) in [6.07, 6.45) is 7.44. The number of rotatable bonds is 3. The standard InChI is InChI=1S/C18H23N3OS2/c1-11-5-6-13-14(9-11)24-17-15(13)16(19-10-20-17)23-12(2)18(22)21-7-3-4-8-21/h10-12H,3-9H2,1-2H3/t11-,12+/m1/s1. The van der Waals surface area contributed by atoms with Gasteiger partial charge in [-0.1, -0.05) is 18.7 Å². The Morgan fingerprint density at radius 1 is 1.38 bits per heavy atom. The van der Waals surface area contributed by atoms with Gasteiger partial charge in [0.2, 0.25) is 5.91 Å². The van der Waals surface area contributed by atoms with Crippen molar-refractivity contribution in [1.82, 2.24) is 14.9 Å². The molecule has 1 saturated heterocycles. The Kier molecular flexibility index (Phi) is 4.52. The second-order valence-corrected chi connectivity index (χ2v) is 9.42. The molecule has 2 atom stereocenters. The quantitative estimate of drug-likeness (QED) is 0.614. The van der Waals surface area contributed by atoms with Crippen LogP contribution in [0.1, 0.15) is 43.6 Å². The molecule has 2 aliphatic rings. The number of carbonyl (C=O) groups is 1. The van der Waals surface area contributed by atoms with E-state index in [2.05, 4.69) is 16.9 Å². The molecule has 3 heterocycles. The average molecular weight is 362 g/mol. The van der Waals surface area contributed by atoms with Gasteiger partial charge in [0.05, 0.1) is 5.25 Å². The van der Waals surface area contributed by atoms with Crippen LogP contribution in [0.3, 0.4) is 0 Å². The zero-order valence-corrected chi connectivity index (χ0v) is 15.9. The SMILES string of the molecule is C[C@@H]1CCc2c(sc3ncnc(S[C@@H](C)C(=O)N4CCCC4)c23)C1. The van der Waals surface area contributed by atoms with Crippen molar-refractivity contribution >= 4 is 39.2 Å². The molecule has 1 aliphatic heterocycles. The lowest BCUT2D eigenvalue weighted by Gasteiger charge is -2.20. The summed E-state index contributed by atoms with van der Waals surface area (Å²) in [7, 11) is 0. The van der Waals surface area contributed by atoms with Crippen LogP contribution in [0.25, 0.3) is 10.2 Å². The molecular weight excluding hydrogens is 338 g/mol. The third-order valence-electron chi connectivity index (χ3n) is 5.11. The maximum absolute atomic E-state index is 12.6. The smallest absolute Gasteiger partial charge is 0.235 e. The number of aromatic nitrogens is 2. The summed E-state index contributed by atoms with van der Waals surface area (Å²) in [5.74, 6) is 1.01. The van der Waals surface area contributed by atoms with E-state index in [4.69, 9.17) is 0 Å². The van der Waals surface area contributed by atoms with Crippen LogP contribution in [0, 0.1) is 5.92 Å². The van der Waals surface area contributed by atoms with Crippen molar-refractivity contribution in [2.45, 2.75) is 56.2 Å². The Morgan fingerprint density at radius 3 is 2.96 bits per heavy atom. The highest BCUT2D eigenvalue weighted by Gasteiger charge is 2.27. The maximum Gasteiger partial charge on any atom is 0.235 e. The lowest BCUT2D eigenvalue weighted by Crippen LogP contribution is -2.34. The number of amides is 1. The van der Waals surface area contributed by atoms with Crippen molar-refractivity contribution in [3.05, 3.63) is 16.8 Å². The largest absolute Gasteiger partial charge is 0.342 e. The lowest BCUT2D eigenvalue weighted by atomic mass is 9.89. The number of hydrogen-bond donors (Lipinski definition) is 0. The molecule has 4 rings (SSSR count). The van der Waals surface area contributed by atoms with Gasteiger partial charge in [0.25, 0.3) is 0 Å². The van der Waals surface area contributed by atoms with Crippen molar-refractivity contribution in [2.24, 2.45) is 5.92 Å². The fourth-order valence-electron chi connectivity index (χ4n) is 3.75. The molecule has 4 nitrogen and oxygen atoms in total. The highest BCUT2D eigenvalue weighted by atomic mass is 32.2. The molecule has 0 N–H and O–H groups in total. The Labute approximate surface area is 151 Å². The van der Waals surface area contributed by atoms with Crippen LogP contribution >= 0.6 is 23.1 Å². The minimum absolute atomic E-state index is 0.0840. The van der Waals surface area contributed by atoms with Gasteiger partial charge in [0, 0.05) is 23.4 Å². The fraction of sp³-hybridized carbons (Fsp3) is 0.611. The first-order valence-electron chi connectivity index (χ1n) is 8.84. The van der Waals surface area contributed by atoms with Crippen LogP contribution in [-0.4, -0.2) is 39.1 Å². The molecule has 128 valence electrons. The molecule has 0 radical (unpaired) electrons. The van der Waals surface area contributed by atoms with Gasteiger partial charge in [-0.05, 0) is 50.5 Å². The second kappa shape index (κ2) is 6.64. The summed E-state index contributed by atoms with van der Waals surface area (Å²) >= 11 is 3.43. The summed E-state index contributed by atoms with van der Waals surface area (Å²) in [5.41, 5.74) is 1.44. The molecule has 2 aromatic heterocycles. The van der Waals surface area contributed by atoms with Crippen LogP contribution in [0.15, 0.2) is 11.4 Å². The fourth-order valence-corrected chi connectivity index (χ4v) is 6.19. The number of carbonyl (C=O) groups excluding carboxylic acids is 1. The Hall–Kier alpha value is -1.14. The Bertz CT molecular complexity index is 767. The van der Waals surface area contributed by atoms with Crippen LogP contribution in [-0.2, 0) is 17.6 Å². The highest BCUT2D eigenvalue weighted by molar-refractivity contribution is 8.00. The predicted octanol–water partition coefficient (Wildman–Crippen LogP) is 3.92. The van der Waals surface area contributed by atoms with Crippen LogP contribution in [0.5, 0.6) is 0 Å². The molecule has 0 aromatic carbocycles. The van der Waals surface area contributed by atoms with E-state index in [1.165, 1.54) is 22.2 Å². The summed E-state index contributed by atoms with van der Waals surface area (Å²) in [6.45, 7) is 6.16. The van der Waals surface area contributed by atoms with Gasteiger partial charge in [-0.2, -0.15) is 0 Å². The lowest BCUT2D eigenvalue weighted by molar-refractivity contribution is -0.129. The summed E-state index contributed by atoms with van der Waals surface area (Å²) < 4.78 is 0. The average Bonchev–Trinajstić information content (AvgIpc) is 3.21. The van der Waals surface area contributed by atoms with Crippen LogP contribution < -0.4 is 0 Å². The predicted molar refractivity (Wildman–Crippen MR) is 99.7 cm³/mol. The number of fused-ring (bicyclic) bond motifs is 3. The van der Waals surface area contributed by atoms with Crippen LogP contribution in [0.2, 0.25) is 0 Å². The molecule has 0 saturated carbocycles. The zero-order chi connectivity index (χ0) is 16.7. The van der Waals surface area contributed by atoms with E-state index in [1.807, 2.05) is 23.2 Å². The van der Waals surface area contributed by atoms with Gasteiger partial charge in [-0.15, -0.1) is 11.3 Å². The molecule has 1 amide bonds. The number of hydrogen-bond acceptors (Lipinski definition) is 5. The van der Waals surface area contributed by atoms with E-state index in [9.17, 15) is 4.79 Å². The van der Waals surface area contributed by atoms with Crippen molar-refractivity contribution in [1.29, 1.82) is 0 Å². The molecule has 6 heteroatoms. The van der Waals surface area contributed by atoms with Gasteiger partial charge in [-0.3, -0.25) is 4.79 Å². The Balaban J connectivity index is 1.63. The van der Waals surface area contributed by atoms with Crippen molar-refractivity contribution in [2.75, 3.05) is 13.1 Å². The molecule has 1 fully saturated rings. The molecule has 0 unspecified atom stereocenters. The molecule has 24 heavy (non-hydrogen) atoms. The third-order valence-corrected chi connectivity index (χ3v) is 7.36. The van der Waals surface area contributed by atoms with E-state index in [1.54, 1.807) is 18.1 Å². The number of nitrogens with zero attached hydrogens (tertiary/aromatic N) is 3. The molecule has 0 spiro atoms. The number of likely N-dealkylation sites (tertiary alicyclic amines) is 1. The van der Waals surface area contributed by atoms with Crippen molar-refractivity contribution in [3.63, 3.8) is 0 Å². The highest BCUT2D eigenvalue weighted by Crippen LogP contribution is 2.41. The summed E-state index contributed by atoms with van der Waals surface area (Å²) in [4.78, 5) is 26.2. The maximum atomic E-state index is 12.6. The molecule has 1 aliphatic carbocycles. The van der Waals surface area contributed by atoms with Gasteiger partial charge < -0.3 is 4.90 Å². The number of aryl methyl sites for hydroxylation is 1. The van der Waals surface area contributed by atoms with Gasteiger partial charge in [0.15, 0.2) is 0 Å². The van der Waals surface area contributed by atoms with Crippen LogP contribution in [0.4, 0.5) is 0 Å². The topological polar surface area (TPSA) is 46.1 Å². The van der Waals surface area contributed by atoms with Gasteiger partial charge >= 0.3 is 0 Å². The first-order chi connectivity index (χ1) is 11.6. The monoisotopic (exact) mass is 361 g/mol. The van der Waals surface area contributed by atoms with Gasteiger partial charge in [0.1, 0.15) is 16.2 Å². The molecule has 2 aromatic rings. The van der Waals surface area contributed by atoms with E-state index in [0.29, 0.717) is 0 Å². The van der Waals surface area contributed by atoms with Gasteiger partial charge in [-0.25, -0.2) is 9.97 Å². The van der Waals surface area contributed by atoms with E-state index in [-0.39, 0.29) is 11.2 Å². The zero-order valence-electron chi connectivity index (χ0n) is 14.2. The Morgan fingerprint density at radius 2 is 2.17 bits per heavy atom. The summed E-state index contributed by atoms with van der Waals surface area (Å²) in [5, 5.41) is 2.13. The van der Waals surface area contributed by atoms with E-state index >= 15 is 0 Å². The first-order valence-corrected chi connectivity index (χ1v) is 10.5. The van der Waals surface area contributed by atoms with E-state index in [0.717, 1.165) is 54.5 Å². The second-order valence-electron chi connectivity index (χ2n) is 7.00. The summed E-state index contributed by atoms with van der Waals surface area (Å²) in [6, 6.07) is 0. The minimum atomic E-state index is -0.0840. The first kappa shape index (κ1) is 16.3. The van der Waals surface area contributed by atoms with Crippen molar-refractivity contribution < 1.29 is 4.79 Å². The molecule has 0 bridgehead atoms. The minimum Gasteiger partial charge on any atom is -0.342 e. The third kappa shape index (κ3) is 2.94. The number of thioether (sulfide) groups is 1. The number of thiophene rings is 1. The normalized spacial score (nSPS) is 21.9. The van der Waals surface area contributed by atoms with Crippen molar-refractivity contribution in [3.8, 4) is 0 Å². The molecular formula is C18H23N3OS2.